The van der Waals surface area contributed by atoms with Gasteiger partial charge in [-0.25, -0.2) is 5.10 Å². The number of H-pyrrole nitrogens is 1. The van der Waals surface area contributed by atoms with E-state index in [1.54, 1.807) is 6.92 Å². The molecule has 0 aliphatic rings. The van der Waals surface area contributed by atoms with Crippen molar-refractivity contribution in [1.82, 2.24) is 10.2 Å². The highest BCUT2D eigenvalue weighted by atomic mass is 16.5. The third-order valence-corrected chi connectivity index (χ3v) is 2.33. The van der Waals surface area contributed by atoms with Crippen molar-refractivity contribution >= 4 is 11.7 Å². The highest BCUT2D eigenvalue weighted by Crippen LogP contribution is 2.08. The molecule has 3 N–H and O–H groups in total. The molecule has 0 aliphatic carbocycles. The number of carbonyl (C=O) groups is 1. The molecule has 0 radical (unpaired) electrons. The van der Waals surface area contributed by atoms with Gasteiger partial charge in [-0.1, -0.05) is 0 Å². The van der Waals surface area contributed by atoms with E-state index < -0.39 is 5.97 Å². The summed E-state index contributed by atoms with van der Waals surface area (Å²) in [5.41, 5.74) is 0.967. The lowest BCUT2D eigenvalue weighted by atomic mass is 10.2. The second kappa shape index (κ2) is 6.75. The normalized spacial score (nSPS) is 12.1. The van der Waals surface area contributed by atoms with Crippen LogP contribution in [-0.4, -0.2) is 40.5 Å². The van der Waals surface area contributed by atoms with Gasteiger partial charge in [0.1, 0.15) is 0 Å². The average molecular weight is 255 g/mol. The van der Waals surface area contributed by atoms with Crippen LogP contribution in [0.4, 0.5) is 5.69 Å². The molecule has 1 rings (SSSR count). The Hall–Kier alpha value is -1.89. The van der Waals surface area contributed by atoms with Crippen LogP contribution in [0.2, 0.25) is 0 Å². The van der Waals surface area contributed by atoms with Gasteiger partial charge in [-0.3, -0.25) is 9.59 Å². The number of ether oxygens (including phenoxy) is 1. The number of anilines is 1. The molecule has 1 aromatic heterocycles. The van der Waals surface area contributed by atoms with Crippen molar-refractivity contribution in [2.45, 2.75) is 26.3 Å². The van der Waals surface area contributed by atoms with Crippen LogP contribution in [0.15, 0.2) is 11.0 Å². The van der Waals surface area contributed by atoms with Crippen LogP contribution in [0.5, 0.6) is 0 Å². The molecule has 7 nitrogen and oxygen atoms in total. The van der Waals surface area contributed by atoms with Crippen molar-refractivity contribution in [3.8, 4) is 0 Å². The molecular formula is C11H17N3O4. The van der Waals surface area contributed by atoms with Gasteiger partial charge in [-0.05, 0) is 13.8 Å². The Kier molecular flexibility index (Phi) is 5.31. The number of nitrogens with zero attached hydrogens (tertiary/aromatic N) is 1. The number of hydrogen-bond acceptors (Lipinski definition) is 5. The first-order valence-corrected chi connectivity index (χ1v) is 5.61. The zero-order chi connectivity index (χ0) is 13.5. The Labute approximate surface area is 104 Å². The highest BCUT2D eigenvalue weighted by molar-refractivity contribution is 5.66. The molecule has 0 unspecified atom stereocenters. The molecule has 0 amide bonds. The van der Waals surface area contributed by atoms with Gasteiger partial charge in [0.25, 0.3) is 5.56 Å². The molecule has 0 saturated carbocycles. The predicted octanol–water partition coefficient (Wildman–Crippen LogP) is 0.370. The number of carboxylic acid groups (broad SMARTS) is 1. The maximum atomic E-state index is 11.3. The fourth-order valence-corrected chi connectivity index (χ4v) is 1.33. The van der Waals surface area contributed by atoms with Crippen molar-refractivity contribution in [2.75, 3.05) is 18.5 Å². The summed E-state index contributed by atoms with van der Waals surface area (Å²) in [5, 5.41) is 17.6. The quantitative estimate of drug-likeness (QED) is 0.608. The summed E-state index contributed by atoms with van der Waals surface area (Å²) < 4.78 is 5.20. The minimum Gasteiger partial charge on any atom is -0.481 e. The van der Waals surface area contributed by atoms with Gasteiger partial charge in [0.05, 0.1) is 31.5 Å². The number of aromatic nitrogens is 2. The van der Waals surface area contributed by atoms with E-state index in [2.05, 4.69) is 15.5 Å². The smallest absolute Gasteiger partial charge is 0.305 e. The molecule has 0 spiro atoms. The number of aromatic amines is 1. The van der Waals surface area contributed by atoms with E-state index in [9.17, 15) is 9.59 Å². The fourth-order valence-electron chi connectivity index (χ4n) is 1.33. The number of carboxylic acids is 1. The molecule has 0 bridgehead atoms. The average Bonchev–Trinajstić information content (AvgIpc) is 2.30. The van der Waals surface area contributed by atoms with Crippen molar-refractivity contribution in [1.29, 1.82) is 0 Å². The molecule has 0 saturated heterocycles. The van der Waals surface area contributed by atoms with Gasteiger partial charge < -0.3 is 15.2 Å². The van der Waals surface area contributed by atoms with E-state index in [4.69, 9.17) is 9.84 Å². The first-order chi connectivity index (χ1) is 8.50. The number of nitrogens with one attached hydrogen (secondary N) is 2. The van der Waals surface area contributed by atoms with Crippen molar-refractivity contribution < 1.29 is 14.6 Å². The molecule has 1 heterocycles. The zero-order valence-electron chi connectivity index (χ0n) is 10.4. The first kappa shape index (κ1) is 14.2. The molecule has 1 atom stereocenters. The Morgan fingerprint density at radius 1 is 1.67 bits per heavy atom. The lowest BCUT2D eigenvalue weighted by Crippen LogP contribution is -2.25. The summed E-state index contributed by atoms with van der Waals surface area (Å²) in [6.07, 6.45) is 1.52. The summed E-state index contributed by atoms with van der Waals surface area (Å²) in [6.45, 7) is 4.11. The maximum Gasteiger partial charge on any atom is 0.305 e. The van der Waals surface area contributed by atoms with Gasteiger partial charge in [0.15, 0.2) is 0 Å². The standard InChI is InChI=1S/C11H17N3O4/c1-7(6-18-4-3-10(15)16)13-9-5-12-14-11(17)8(9)2/h5,7H,3-4,6H2,1-2H3,(H,15,16)(H2,13,14,17)/t7-/m0/s1. The van der Waals surface area contributed by atoms with Gasteiger partial charge in [0.2, 0.25) is 0 Å². The van der Waals surface area contributed by atoms with Gasteiger partial charge in [-0.2, -0.15) is 5.10 Å². The van der Waals surface area contributed by atoms with Crippen LogP contribution < -0.4 is 10.9 Å². The Morgan fingerprint density at radius 3 is 3.06 bits per heavy atom. The summed E-state index contributed by atoms with van der Waals surface area (Å²) >= 11 is 0. The fraction of sp³-hybridized carbons (Fsp3) is 0.545. The molecule has 7 heteroatoms. The van der Waals surface area contributed by atoms with Crippen LogP contribution in [0.3, 0.4) is 0 Å². The molecule has 18 heavy (non-hydrogen) atoms. The lowest BCUT2D eigenvalue weighted by molar-refractivity contribution is -0.138. The number of aliphatic carboxylic acids is 1. The lowest BCUT2D eigenvalue weighted by Gasteiger charge is -2.15. The number of rotatable bonds is 7. The van der Waals surface area contributed by atoms with Crippen LogP contribution >= 0.6 is 0 Å². The van der Waals surface area contributed by atoms with Gasteiger partial charge in [0, 0.05) is 11.6 Å². The summed E-state index contributed by atoms with van der Waals surface area (Å²) in [4.78, 5) is 21.6. The van der Waals surface area contributed by atoms with Crippen LogP contribution in [0.25, 0.3) is 0 Å². The Bertz CT molecular complexity index is 458. The van der Waals surface area contributed by atoms with E-state index in [-0.39, 0.29) is 24.6 Å². The topological polar surface area (TPSA) is 104 Å². The van der Waals surface area contributed by atoms with E-state index in [1.165, 1.54) is 6.20 Å². The number of hydrogen-bond donors (Lipinski definition) is 3. The molecular weight excluding hydrogens is 238 g/mol. The molecule has 0 aliphatic heterocycles. The monoisotopic (exact) mass is 255 g/mol. The molecule has 100 valence electrons. The third-order valence-electron chi connectivity index (χ3n) is 2.33. The van der Waals surface area contributed by atoms with E-state index in [0.29, 0.717) is 17.9 Å². The molecule has 0 aromatic carbocycles. The molecule has 1 aromatic rings. The van der Waals surface area contributed by atoms with Crippen LogP contribution in [0, 0.1) is 6.92 Å². The largest absolute Gasteiger partial charge is 0.481 e. The summed E-state index contributed by atoms with van der Waals surface area (Å²) in [5.74, 6) is -0.884. The first-order valence-electron chi connectivity index (χ1n) is 5.61. The van der Waals surface area contributed by atoms with Crippen molar-refractivity contribution in [3.05, 3.63) is 22.1 Å². The molecule has 0 fully saturated rings. The van der Waals surface area contributed by atoms with E-state index >= 15 is 0 Å². The highest BCUT2D eigenvalue weighted by Gasteiger charge is 2.07. The van der Waals surface area contributed by atoms with Crippen molar-refractivity contribution in [2.24, 2.45) is 0 Å². The van der Waals surface area contributed by atoms with E-state index in [0.717, 1.165) is 0 Å². The SMILES string of the molecule is Cc1c(N[C@@H](C)COCCC(=O)O)cn[nH]c1=O. The predicted molar refractivity (Wildman–Crippen MR) is 65.8 cm³/mol. The zero-order valence-corrected chi connectivity index (χ0v) is 10.4. The van der Waals surface area contributed by atoms with Gasteiger partial charge >= 0.3 is 5.97 Å². The second-order valence-electron chi connectivity index (χ2n) is 4.00. The van der Waals surface area contributed by atoms with E-state index in [1.807, 2.05) is 6.92 Å². The minimum absolute atomic E-state index is 0.0156. The minimum atomic E-state index is -0.884. The Balaban J connectivity index is 2.40. The summed E-state index contributed by atoms with van der Waals surface area (Å²) in [6, 6.07) is -0.0407. The van der Waals surface area contributed by atoms with Crippen LogP contribution in [-0.2, 0) is 9.53 Å². The van der Waals surface area contributed by atoms with Gasteiger partial charge in [-0.15, -0.1) is 0 Å². The second-order valence-corrected chi connectivity index (χ2v) is 4.00. The third kappa shape index (κ3) is 4.54. The Morgan fingerprint density at radius 2 is 2.39 bits per heavy atom. The maximum absolute atomic E-state index is 11.3. The van der Waals surface area contributed by atoms with Crippen molar-refractivity contribution in [3.63, 3.8) is 0 Å². The van der Waals surface area contributed by atoms with Crippen LogP contribution in [0.1, 0.15) is 18.9 Å². The summed E-state index contributed by atoms with van der Waals surface area (Å²) in [7, 11) is 0.